The summed E-state index contributed by atoms with van der Waals surface area (Å²) in [7, 11) is 1.87. The Morgan fingerprint density at radius 2 is 2.47 bits per heavy atom. The van der Waals surface area contributed by atoms with Crippen molar-refractivity contribution in [1.82, 2.24) is 14.4 Å². The van der Waals surface area contributed by atoms with Gasteiger partial charge in [-0.25, -0.2) is 9.97 Å². The number of nitrogens with one attached hydrogen (secondary N) is 2. The van der Waals surface area contributed by atoms with Crippen LogP contribution in [0.5, 0.6) is 0 Å². The first-order chi connectivity index (χ1) is 9.36. The summed E-state index contributed by atoms with van der Waals surface area (Å²) in [5.41, 5.74) is 0.863. The van der Waals surface area contributed by atoms with Crippen molar-refractivity contribution in [3.63, 3.8) is 0 Å². The second kappa shape index (κ2) is 5.44. The zero-order chi connectivity index (χ0) is 13.1. The standard InChI is InChI=1S/C13H19N5O/c1-14-11-8-18-6-5-16-13(18)12(17-11)15-4-2-10-3-7-19-9-10/h5-6,8,10,14H,2-4,7,9H2,1H3,(H,15,17). The third-order valence-corrected chi connectivity index (χ3v) is 3.50. The van der Waals surface area contributed by atoms with E-state index in [1.165, 1.54) is 6.42 Å². The minimum Gasteiger partial charge on any atom is -0.381 e. The molecule has 2 aromatic rings. The Hall–Kier alpha value is -1.82. The molecule has 2 aromatic heterocycles. The molecule has 0 amide bonds. The van der Waals surface area contributed by atoms with Gasteiger partial charge in [0.1, 0.15) is 5.82 Å². The molecule has 1 fully saturated rings. The summed E-state index contributed by atoms with van der Waals surface area (Å²) >= 11 is 0. The predicted octanol–water partition coefficient (Wildman–Crippen LogP) is 1.61. The third kappa shape index (κ3) is 2.63. The number of ether oxygens (including phenoxy) is 1. The number of fused-ring (bicyclic) bond motifs is 1. The molecular formula is C13H19N5O. The summed E-state index contributed by atoms with van der Waals surface area (Å²) in [6, 6.07) is 0. The fourth-order valence-electron chi connectivity index (χ4n) is 2.38. The van der Waals surface area contributed by atoms with Gasteiger partial charge >= 0.3 is 0 Å². The normalized spacial score (nSPS) is 18.9. The molecule has 0 radical (unpaired) electrons. The molecule has 1 aliphatic rings. The lowest BCUT2D eigenvalue weighted by molar-refractivity contribution is 0.185. The average Bonchev–Trinajstić information content (AvgIpc) is 3.08. The van der Waals surface area contributed by atoms with Crippen molar-refractivity contribution in [1.29, 1.82) is 0 Å². The second-order valence-corrected chi connectivity index (χ2v) is 4.83. The molecule has 19 heavy (non-hydrogen) atoms. The van der Waals surface area contributed by atoms with Crippen LogP contribution in [0.25, 0.3) is 5.65 Å². The van der Waals surface area contributed by atoms with E-state index in [0.29, 0.717) is 5.92 Å². The van der Waals surface area contributed by atoms with Crippen LogP contribution in [-0.2, 0) is 4.74 Å². The minimum atomic E-state index is 0.677. The van der Waals surface area contributed by atoms with E-state index in [2.05, 4.69) is 20.6 Å². The molecule has 3 heterocycles. The molecule has 1 atom stereocenters. The predicted molar refractivity (Wildman–Crippen MR) is 74.6 cm³/mol. The first-order valence-electron chi connectivity index (χ1n) is 6.70. The molecular weight excluding hydrogens is 242 g/mol. The van der Waals surface area contributed by atoms with Crippen LogP contribution in [0.3, 0.4) is 0 Å². The summed E-state index contributed by atoms with van der Waals surface area (Å²) in [6.45, 7) is 2.70. The van der Waals surface area contributed by atoms with Crippen molar-refractivity contribution < 1.29 is 4.74 Å². The van der Waals surface area contributed by atoms with Crippen molar-refractivity contribution in [3.8, 4) is 0 Å². The van der Waals surface area contributed by atoms with Crippen LogP contribution in [0, 0.1) is 5.92 Å². The quantitative estimate of drug-likeness (QED) is 0.856. The number of anilines is 2. The minimum absolute atomic E-state index is 0.677. The van der Waals surface area contributed by atoms with E-state index >= 15 is 0 Å². The van der Waals surface area contributed by atoms with E-state index in [4.69, 9.17) is 4.74 Å². The SMILES string of the molecule is CNc1cn2ccnc2c(NCCC2CCOC2)n1. The molecule has 102 valence electrons. The maximum absolute atomic E-state index is 5.38. The highest BCUT2D eigenvalue weighted by Crippen LogP contribution is 2.19. The van der Waals surface area contributed by atoms with Crippen LogP contribution < -0.4 is 10.6 Å². The molecule has 0 bridgehead atoms. The lowest BCUT2D eigenvalue weighted by atomic mass is 10.1. The molecule has 6 heteroatoms. The Labute approximate surface area is 112 Å². The van der Waals surface area contributed by atoms with E-state index in [1.54, 1.807) is 6.20 Å². The van der Waals surface area contributed by atoms with Crippen LogP contribution in [0.1, 0.15) is 12.8 Å². The Bertz CT molecular complexity index is 547. The van der Waals surface area contributed by atoms with Gasteiger partial charge in [-0.05, 0) is 18.8 Å². The van der Waals surface area contributed by atoms with Crippen molar-refractivity contribution >= 4 is 17.3 Å². The zero-order valence-electron chi connectivity index (χ0n) is 11.1. The first kappa shape index (κ1) is 12.2. The molecule has 0 spiro atoms. The number of imidazole rings is 1. The molecule has 0 saturated carbocycles. The number of hydrogen-bond donors (Lipinski definition) is 2. The Morgan fingerprint density at radius 3 is 3.26 bits per heavy atom. The fraction of sp³-hybridized carbons (Fsp3) is 0.538. The van der Waals surface area contributed by atoms with E-state index in [9.17, 15) is 0 Å². The molecule has 3 rings (SSSR count). The lowest BCUT2D eigenvalue weighted by Crippen LogP contribution is -2.11. The number of nitrogens with zero attached hydrogens (tertiary/aromatic N) is 3. The molecule has 0 aliphatic carbocycles. The summed E-state index contributed by atoms with van der Waals surface area (Å²) in [6.07, 6.45) is 7.92. The highest BCUT2D eigenvalue weighted by Gasteiger charge is 2.15. The average molecular weight is 261 g/mol. The van der Waals surface area contributed by atoms with Crippen molar-refractivity contribution in [2.24, 2.45) is 5.92 Å². The largest absolute Gasteiger partial charge is 0.381 e. The van der Waals surface area contributed by atoms with Gasteiger partial charge in [0, 0.05) is 39.2 Å². The summed E-state index contributed by atoms with van der Waals surface area (Å²) in [4.78, 5) is 8.85. The Kier molecular flexibility index (Phi) is 3.50. The van der Waals surface area contributed by atoms with Crippen molar-refractivity contribution in [2.75, 3.05) is 37.4 Å². The van der Waals surface area contributed by atoms with Gasteiger partial charge in [-0.1, -0.05) is 0 Å². The Balaban J connectivity index is 1.70. The van der Waals surface area contributed by atoms with E-state index < -0.39 is 0 Å². The first-order valence-corrected chi connectivity index (χ1v) is 6.70. The van der Waals surface area contributed by atoms with Gasteiger partial charge in [-0.15, -0.1) is 0 Å². The van der Waals surface area contributed by atoms with Gasteiger partial charge in [0.05, 0.1) is 6.20 Å². The van der Waals surface area contributed by atoms with Gasteiger partial charge < -0.3 is 19.8 Å². The van der Waals surface area contributed by atoms with Crippen molar-refractivity contribution in [3.05, 3.63) is 18.6 Å². The lowest BCUT2D eigenvalue weighted by Gasteiger charge is -2.11. The Morgan fingerprint density at radius 1 is 1.53 bits per heavy atom. The summed E-state index contributed by atoms with van der Waals surface area (Å²) < 4.78 is 7.36. The smallest absolute Gasteiger partial charge is 0.180 e. The molecule has 2 N–H and O–H groups in total. The number of aromatic nitrogens is 3. The maximum Gasteiger partial charge on any atom is 0.180 e. The highest BCUT2D eigenvalue weighted by molar-refractivity contribution is 5.65. The highest BCUT2D eigenvalue weighted by atomic mass is 16.5. The van der Waals surface area contributed by atoms with Gasteiger partial charge in [-0.3, -0.25) is 0 Å². The summed E-state index contributed by atoms with van der Waals surface area (Å²) in [5, 5.41) is 6.45. The van der Waals surface area contributed by atoms with Crippen LogP contribution in [0.15, 0.2) is 18.6 Å². The van der Waals surface area contributed by atoms with Crippen molar-refractivity contribution in [2.45, 2.75) is 12.8 Å². The van der Waals surface area contributed by atoms with Gasteiger partial charge in [-0.2, -0.15) is 0 Å². The van der Waals surface area contributed by atoms with Crippen LogP contribution in [0.2, 0.25) is 0 Å². The summed E-state index contributed by atoms with van der Waals surface area (Å²) in [5.74, 6) is 2.34. The van der Waals surface area contributed by atoms with Gasteiger partial charge in [0.25, 0.3) is 0 Å². The molecule has 1 aliphatic heterocycles. The van der Waals surface area contributed by atoms with Crippen LogP contribution in [0.4, 0.5) is 11.6 Å². The van der Waals surface area contributed by atoms with E-state index in [1.807, 2.05) is 23.8 Å². The topological polar surface area (TPSA) is 63.5 Å². The second-order valence-electron chi connectivity index (χ2n) is 4.83. The van der Waals surface area contributed by atoms with Crippen LogP contribution in [-0.4, -0.2) is 41.2 Å². The van der Waals surface area contributed by atoms with Crippen LogP contribution >= 0.6 is 0 Å². The monoisotopic (exact) mass is 261 g/mol. The third-order valence-electron chi connectivity index (χ3n) is 3.50. The zero-order valence-corrected chi connectivity index (χ0v) is 11.1. The number of rotatable bonds is 5. The molecule has 6 nitrogen and oxygen atoms in total. The number of hydrogen-bond acceptors (Lipinski definition) is 5. The molecule has 1 unspecified atom stereocenters. The maximum atomic E-state index is 5.38. The molecule has 0 aromatic carbocycles. The van der Waals surface area contributed by atoms with Gasteiger partial charge in [0.15, 0.2) is 11.5 Å². The molecule has 1 saturated heterocycles. The van der Waals surface area contributed by atoms with E-state index in [-0.39, 0.29) is 0 Å². The van der Waals surface area contributed by atoms with Gasteiger partial charge in [0.2, 0.25) is 0 Å². The van der Waals surface area contributed by atoms with E-state index in [0.717, 1.165) is 43.5 Å². The fourth-order valence-corrected chi connectivity index (χ4v) is 2.38.